The van der Waals surface area contributed by atoms with Crippen LogP contribution in [0.4, 0.5) is 9.59 Å². The van der Waals surface area contributed by atoms with Gasteiger partial charge in [-0.2, -0.15) is 0 Å². The number of carbonyl (C=O) groups excluding carboxylic acids is 5. The number of hydrogen-bond donors (Lipinski definition) is 2. The summed E-state index contributed by atoms with van der Waals surface area (Å²) in [6.07, 6.45) is 1.37. The average Bonchev–Trinajstić information content (AvgIpc) is 3.25. The molecule has 0 bridgehead atoms. The number of imide groups is 2. The number of nitrogens with one attached hydrogen (secondary N) is 2. The Morgan fingerprint density at radius 3 is 2.52 bits per heavy atom. The number of rotatable bonds is 6. The van der Waals surface area contributed by atoms with Crippen molar-refractivity contribution in [2.45, 2.75) is 32.9 Å². The molecule has 1 atom stereocenters. The Labute approximate surface area is 165 Å². The number of hydrogen-bond acceptors (Lipinski definition) is 7. The summed E-state index contributed by atoms with van der Waals surface area (Å²) in [4.78, 5) is 63.3. The Morgan fingerprint density at radius 1 is 1.24 bits per heavy atom. The van der Waals surface area contributed by atoms with Crippen molar-refractivity contribution in [1.29, 1.82) is 0 Å². The van der Waals surface area contributed by atoms with Gasteiger partial charge in [0.1, 0.15) is 11.8 Å². The van der Waals surface area contributed by atoms with E-state index in [1.165, 1.54) is 6.26 Å². The van der Waals surface area contributed by atoms with Crippen LogP contribution in [0.25, 0.3) is 0 Å². The van der Waals surface area contributed by atoms with E-state index in [-0.39, 0.29) is 23.6 Å². The van der Waals surface area contributed by atoms with Crippen LogP contribution in [-0.2, 0) is 19.1 Å². The molecule has 154 valence electrons. The molecule has 0 radical (unpaired) electrons. The van der Waals surface area contributed by atoms with E-state index in [9.17, 15) is 24.0 Å². The predicted octanol–water partition coefficient (Wildman–Crippen LogP) is 0.650. The van der Waals surface area contributed by atoms with Crippen LogP contribution in [0, 0.1) is 0 Å². The van der Waals surface area contributed by atoms with Crippen LogP contribution in [0.2, 0.25) is 0 Å². The Hall–Kier alpha value is -3.63. The normalized spacial score (nSPS) is 19.8. The fourth-order valence-electron chi connectivity index (χ4n) is 3.14. The summed E-state index contributed by atoms with van der Waals surface area (Å²) in [7, 11) is 0. The highest BCUT2D eigenvalue weighted by Crippen LogP contribution is 2.29. The van der Waals surface area contributed by atoms with E-state index >= 15 is 0 Å². The fraction of sp³-hybridized carbons (Fsp3) is 0.389. The molecule has 0 aliphatic carbocycles. The van der Waals surface area contributed by atoms with Gasteiger partial charge in [-0.25, -0.2) is 19.3 Å². The predicted molar refractivity (Wildman–Crippen MR) is 95.9 cm³/mol. The van der Waals surface area contributed by atoms with Gasteiger partial charge in [0.2, 0.25) is 0 Å². The van der Waals surface area contributed by atoms with E-state index in [1.807, 2.05) is 0 Å². The van der Waals surface area contributed by atoms with Gasteiger partial charge in [0.15, 0.2) is 0 Å². The van der Waals surface area contributed by atoms with Crippen LogP contribution in [0.3, 0.4) is 0 Å². The minimum absolute atomic E-state index is 0.0301. The Bertz CT molecular complexity index is 903. The van der Waals surface area contributed by atoms with E-state index in [2.05, 4.69) is 10.6 Å². The van der Waals surface area contributed by atoms with Crippen LogP contribution in [0.1, 0.15) is 32.6 Å². The first kappa shape index (κ1) is 20.1. The lowest BCUT2D eigenvalue weighted by Gasteiger charge is -2.29. The SMILES string of the molecule is CCOC(=O)C1=C(CN2C(=O)C(=O)N(C(C)C)C2=O)NC(=O)NC1c1ccco1. The molecule has 2 N–H and O–H groups in total. The summed E-state index contributed by atoms with van der Waals surface area (Å²) in [5, 5.41) is 4.99. The zero-order chi connectivity index (χ0) is 21.3. The van der Waals surface area contributed by atoms with E-state index in [0.29, 0.717) is 4.90 Å². The monoisotopic (exact) mass is 404 g/mol. The molecule has 0 aromatic carbocycles. The van der Waals surface area contributed by atoms with Gasteiger partial charge in [-0.3, -0.25) is 14.5 Å². The summed E-state index contributed by atoms with van der Waals surface area (Å²) in [6.45, 7) is 4.38. The first-order valence-electron chi connectivity index (χ1n) is 8.96. The highest BCUT2D eigenvalue weighted by Gasteiger charge is 2.47. The summed E-state index contributed by atoms with van der Waals surface area (Å²) in [6, 6.07) is 0.134. The molecule has 3 heterocycles. The van der Waals surface area contributed by atoms with Crippen molar-refractivity contribution < 1.29 is 33.1 Å². The highest BCUT2D eigenvalue weighted by molar-refractivity contribution is 6.44. The first-order chi connectivity index (χ1) is 13.8. The van der Waals surface area contributed by atoms with Crippen molar-refractivity contribution >= 4 is 29.8 Å². The van der Waals surface area contributed by atoms with Crippen LogP contribution in [0.5, 0.6) is 0 Å². The van der Waals surface area contributed by atoms with Gasteiger partial charge in [-0.15, -0.1) is 0 Å². The number of amides is 6. The summed E-state index contributed by atoms with van der Waals surface area (Å²) < 4.78 is 10.4. The molecule has 1 fully saturated rings. The Kier molecular flexibility index (Phi) is 5.39. The quantitative estimate of drug-likeness (QED) is 0.403. The second-order valence-corrected chi connectivity index (χ2v) is 6.60. The number of esters is 1. The van der Waals surface area contributed by atoms with E-state index in [4.69, 9.17) is 9.15 Å². The van der Waals surface area contributed by atoms with Crippen molar-refractivity contribution in [3.8, 4) is 0 Å². The molecule has 29 heavy (non-hydrogen) atoms. The second-order valence-electron chi connectivity index (χ2n) is 6.60. The van der Waals surface area contributed by atoms with Crippen molar-refractivity contribution in [2.75, 3.05) is 13.2 Å². The minimum Gasteiger partial charge on any atom is -0.467 e. The van der Waals surface area contributed by atoms with Gasteiger partial charge in [0, 0.05) is 6.04 Å². The smallest absolute Gasteiger partial charge is 0.338 e. The van der Waals surface area contributed by atoms with Gasteiger partial charge in [-0.1, -0.05) is 0 Å². The molecule has 3 rings (SSSR count). The molecular formula is C18H20N4O7. The number of carbonyl (C=O) groups is 5. The summed E-state index contributed by atoms with van der Waals surface area (Å²) in [5.74, 6) is -2.50. The van der Waals surface area contributed by atoms with Crippen molar-refractivity contribution in [3.63, 3.8) is 0 Å². The summed E-state index contributed by atoms with van der Waals surface area (Å²) >= 11 is 0. The third-order valence-electron chi connectivity index (χ3n) is 4.39. The zero-order valence-corrected chi connectivity index (χ0v) is 16.1. The van der Waals surface area contributed by atoms with E-state index < -0.39 is 48.5 Å². The maximum atomic E-state index is 12.6. The molecular weight excluding hydrogens is 384 g/mol. The number of ether oxygens (including phenoxy) is 1. The molecule has 0 saturated carbocycles. The van der Waals surface area contributed by atoms with Crippen LogP contribution >= 0.6 is 0 Å². The van der Waals surface area contributed by atoms with Gasteiger partial charge >= 0.3 is 29.8 Å². The number of urea groups is 2. The lowest BCUT2D eigenvalue weighted by atomic mass is 10.00. The van der Waals surface area contributed by atoms with Crippen LogP contribution in [0.15, 0.2) is 34.1 Å². The van der Waals surface area contributed by atoms with E-state index in [1.54, 1.807) is 32.9 Å². The molecule has 2 aliphatic rings. The lowest BCUT2D eigenvalue weighted by Crippen LogP contribution is -2.49. The molecule has 11 nitrogen and oxygen atoms in total. The topological polar surface area (TPSA) is 138 Å². The third-order valence-corrected chi connectivity index (χ3v) is 4.39. The van der Waals surface area contributed by atoms with Crippen LogP contribution < -0.4 is 10.6 Å². The molecule has 6 amide bonds. The van der Waals surface area contributed by atoms with Crippen molar-refractivity contribution in [2.24, 2.45) is 0 Å². The molecule has 1 aromatic heterocycles. The largest absolute Gasteiger partial charge is 0.467 e. The Morgan fingerprint density at radius 2 is 1.97 bits per heavy atom. The second kappa shape index (κ2) is 7.78. The average molecular weight is 404 g/mol. The lowest BCUT2D eigenvalue weighted by molar-refractivity contribution is -0.143. The zero-order valence-electron chi connectivity index (χ0n) is 16.1. The standard InChI is InChI=1S/C18H20N4O7/c1-4-28-16(25)12-10(19-17(26)20-13(12)11-6-5-7-29-11)8-21-14(23)15(24)22(9(2)3)18(21)27/h5-7,9,13H,4,8H2,1-3H3,(H2,19,20,26). The van der Waals surface area contributed by atoms with Crippen molar-refractivity contribution in [1.82, 2.24) is 20.4 Å². The highest BCUT2D eigenvalue weighted by atomic mass is 16.5. The summed E-state index contributed by atoms with van der Waals surface area (Å²) in [5.41, 5.74) is -0.0637. The fourth-order valence-corrected chi connectivity index (χ4v) is 3.14. The van der Waals surface area contributed by atoms with Gasteiger partial charge in [-0.05, 0) is 32.9 Å². The Balaban J connectivity index is 2.03. The van der Waals surface area contributed by atoms with E-state index in [0.717, 1.165) is 4.90 Å². The molecule has 0 spiro atoms. The van der Waals surface area contributed by atoms with Gasteiger partial charge in [0.25, 0.3) is 0 Å². The molecule has 11 heteroatoms. The molecule has 1 saturated heterocycles. The minimum atomic E-state index is -1.04. The third kappa shape index (κ3) is 3.58. The maximum absolute atomic E-state index is 12.6. The molecule has 2 aliphatic heterocycles. The maximum Gasteiger partial charge on any atom is 0.338 e. The first-order valence-corrected chi connectivity index (χ1v) is 8.96. The van der Waals surface area contributed by atoms with Gasteiger partial charge in [0.05, 0.1) is 30.7 Å². The van der Waals surface area contributed by atoms with Gasteiger partial charge < -0.3 is 19.8 Å². The number of nitrogens with zero attached hydrogens (tertiary/aromatic N) is 2. The van der Waals surface area contributed by atoms with Crippen LogP contribution in [-0.4, -0.2) is 58.8 Å². The molecule has 1 aromatic rings. The molecule has 1 unspecified atom stereocenters. The number of furan rings is 1. The van der Waals surface area contributed by atoms with Crippen molar-refractivity contribution in [3.05, 3.63) is 35.4 Å².